The summed E-state index contributed by atoms with van der Waals surface area (Å²) in [6.07, 6.45) is -0.913. The van der Waals surface area contributed by atoms with Gasteiger partial charge in [-0.2, -0.15) is 0 Å². The van der Waals surface area contributed by atoms with Gasteiger partial charge in [-0.25, -0.2) is 8.78 Å². The molecule has 0 saturated carbocycles. The standard InChI is InChI=1S/C9H10BrF2N/c1-5(2)8-7(9(11)12)3-6(10)4-13-8/h3-5,9H,1-2H3. The van der Waals surface area contributed by atoms with Crippen molar-refractivity contribution in [2.75, 3.05) is 0 Å². The van der Waals surface area contributed by atoms with Crippen LogP contribution in [0.1, 0.15) is 37.4 Å². The largest absolute Gasteiger partial charge is 0.265 e. The van der Waals surface area contributed by atoms with Crippen molar-refractivity contribution in [2.24, 2.45) is 0 Å². The van der Waals surface area contributed by atoms with Crippen LogP contribution >= 0.6 is 15.9 Å². The SMILES string of the molecule is CC(C)c1ncc(Br)cc1C(F)F. The van der Waals surface area contributed by atoms with Gasteiger partial charge in [-0.05, 0) is 27.9 Å². The molecule has 72 valence electrons. The second-order valence-electron chi connectivity index (χ2n) is 3.08. The first-order valence-electron chi connectivity index (χ1n) is 3.96. The molecule has 0 aliphatic carbocycles. The van der Waals surface area contributed by atoms with Crippen molar-refractivity contribution < 1.29 is 8.78 Å². The molecule has 0 spiro atoms. The summed E-state index contributed by atoms with van der Waals surface area (Å²) >= 11 is 3.12. The Kier molecular flexibility index (Phi) is 3.36. The minimum Gasteiger partial charge on any atom is -0.259 e. The summed E-state index contributed by atoms with van der Waals surface area (Å²) in [5.41, 5.74) is 0.488. The Hall–Kier alpha value is -0.510. The Labute approximate surface area is 84.3 Å². The van der Waals surface area contributed by atoms with Gasteiger partial charge in [-0.15, -0.1) is 0 Å². The topological polar surface area (TPSA) is 12.9 Å². The van der Waals surface area contributed by atoms with Crippen LogP contribution < -0.4 is 0 Å². The summed E-state index contributed by atoms with van der Waals surface area (Å²) in [6, 6.07) is 1.42. The molecule has 0 saturated heterocycles. The average molecular weight is 250 g/mol. The molecule has 1 aromatic heterocycles. The third kappa shape index (κ3) is 2.46. The summed E-state index contributed by atoms with van der Waals surface area (Å²) < 4.78 is 25.6. The second-order valence-corrected chi connectivity index (χ2v) is 4.00. The average Bonchev–Trinajstić information content (AvgIpc) is 2.03. The van der Waals surface area contributed by atoms with E-state index in [4.69, 9.17) is 0 Å². The molecule has 0 amide bonds. The van der Waals surface area contributed by atoms with E-state index < -0.39 is 6.43 Å². The van der Waals surface area contributed by atoms with Gasteiger partial charge < -0.3 is 0 Å². The predicted octanol–water partition coefficient (Wildman–Crippen LogP) is 3.91. The number of rotatable bonds is 2. The van der Waals surface area contributed by atoms with Gasteiger partial charge in [0.15, 0.2) is 0 Å². The number of nitrogens with zero attached hydrogens (tertiary/aromatic N) is 1. The fourth-order valence-electron chi connectivity index (χ4n) is 1.12. The number of pyridine rings is 1. The van der Waals surface area contributed by atoms with Crippen molar-refractivity contribution in [1.82, 2.24) is 4.98 Å². The molecule has 13 heavy (non-hydrogen) atoms. The Balaban J connectivity index is 3.19. The lowest BCUT2D eigenvalue weighted by Crippen LogP contribution is -2.00. The summed E-state index contributed by atoms with van der Waals surface area (Å²) in [4.78, 5) is 3.97. The molecule has 0 aliphatic rings. The Bertz CT molecular complexity index is 300. The third-order valence-corrected chi connectivity index (χ3v) is 2.13. The minimum absolute atomic E-state index is 0.0179. The fraction of sp³-hybridized carbons (Fsp3) is 0.444. The lowest BCUT2D eigenvalue weighted by atomic mass is 10.0. The van der Waals surface area contributed by atoms with Crippen LogP contribution in [0, 0.1) is 0 Å². The second kappa shape index (κ2) is 4.13. The minimum atomic E-state index is -2.46. The molecule has 1 heterocycles. The molecule has 0 bridgehead atoms. The van der Waals surface area contributed by atoms with Gasteiger partial charge in [0.25, 0.3) is 6.43 Å². The number of alkyl halides is 2. The monoisotopic (exact) mass is 249 g/mol. The number of halogens is 3. The molecule has 0 aromatic carbocycles. The Morgan fingerprint density at radius 3 is 2.46 bits per heavy atom. The van der Waals surface area contributed by atoms with E-state index in [1.54, 1.807) is 6.20 Å². The van der Waals surface area contributed by atoms with Crippen molar-refractivity contribution >= 4 is 15.9 Å². The summed E-state index contributed by atoms with van der Waals surface area (Å²) in [5, 5.41) is 0. The maximum Gasteiger partial charge on any atom is 0.265 e. The van der Waals surface area contributed by atoms with Crippen LogP contribution in [-0.4, -0.2) is 4.98 Å². The van der Waals surface area contributed by atoms with Crippen molar-refractivity contribution in [2.45, 2.75) is 26.2 Å². The highest BCUT2D eigenvalue weighted by Gasteiger charge is 2.16. The molecule has 1 nitrogen and oxygen atoms in total. The lowest BCUT2D eigenvalue weighted by Gasteiger charge is -2.10. The summed E-state index contributed by atoms with van der Waals surface area (Å²) in [6.45, 7) is 3.70. The normalized spacial score (nSPS) is 11.3. The zero-order valence-corrected chi connectivity index (χ0v) is 8.98. The first-order valence-corrected chi connectivity index (χ1v) is 4.75. The van der Waals surface area contributed by atoms with Crippen molar-refractivity contribution in [3.8, 4) is 0 Å². The smallest absolute Gasteiger partial charge is 0.259 e. The zero-order valence-electron chi connectivity index (χ0n) is 7.39. The molecular formula is C9H10BrF2N. The maximum atomic E-state index is 12.5. The fourth-order valence-corrected chi connectivity index (χ4v) is 1.47. The van der Waals surface area contributed by atoms with E-state index in [2.05, 4.69) is 20.9 Å². The van der Waals surface area contributed by atoms with E-state index in [1.807, 2.05) is 13.8 Å². The van der Waals surface area contributed by atoms with Gasteiger partial charge in [0.2, 0.25) is 0 Å². The van der Waals surface area contributed by atoms with Crippen LogP contribution in [0.3, 0.4) is 0 Å². The van der Waals surface area contributed by atoms with Crippen LogP contribution in [0.15, 0.2) is 16.7 Å². The van der Waals surface area contributed by atoms with Gasteiger partial charge in [0.05, 0.1) is 5.69 Å². The molecule has 0 N–H and O–H groups in total. The van der Waals surface area contributed by atoms with Crippen molar-refractivity contribution in [3.63, 3.8) is 0 Å². The highest BCUT2D eigenvalue weighted by atomic mass is 79.9. The van der Waals surface area contributed by atoms with Crippen LogP contribution in [0.4, 0.5) is 8.78 Å². The van der Waals surface area contributed by atoms with Crippen molar-refractivity contribution in [1.29, 1.82) is 0 Å². The molecular weight excluding hydrogens is 240 g/mol. The van der Waals surface area contributed by atoms with E-state index in [1.165, 1.54) is 6.07 Å². The Morgan fingerprint density at radius 1 is 1.38 bits per heavy atom. The summed E-state index contributed by atoms with van der Waals surface area (Å²) in [5.74, 6) is 0.0251. The number of hydrogen-bond acceptors (Lipinski definition) is 1. The first kappa shape index (κ1) is 10.6. The number of hydrogen-bond donors (Lipinski definition) is 0. The van der Waals surface area contributed by atoms with Gasteiger partial charge >= 0.3 is 0 Å². The molecule has 0 radical (unpaired) electrons. The first-order chi connectivity index (χ1) is 6.02. The van der Waals surface area contributed by atoms with Gasteiger partial charge in [-0.1, -0.05) is 13.8 Å². The molecule has 0 atom stereocenters. The summed E-state index contributed by atoms with van der Waals surface area (Å²) in [7, 11) is 0. The highest BCUT2D eigenvalue weighted by Crippen LogP contribution is 2.28. The molecule has 0 unspecified atom stereocenters. The van der Waals surface area contributed by atoms with Crippen LogP contribution in [-0.2, 0) is 0 Å². The van der Waals surface area contributed by atoms with E-state index in [0.29, 0.717) is 10.2 Å². The van der Waals surface area contributed by atoms with Crippen molar-refractivity contribution in [3.05, 3.63) is 28.0 Å². The number of aromatic nitrogens is 1. The molecule has 1 rings (SSSR count). The van der Waals surface area contributed by atoms with Gasteiger partial charge in [-0.3, -0.25) is 4.98 Å². The zero-order chi connectivity index (χ0) is 10.0. The molecule has 0 aliphatic heterocycles. The lowest BCUT2D eigenvalue weighted by molar-refractivity contribution is 0.149. The van der Waals surface area contributed by atoms with E-state index >= 15 is 0 Å². The molecule has 4 heteroatoms. The Morgan fingerprint density at radius 2 is 2.00 bits per heavy atom. The predicted molar refractivity (Wildman–Crippen MR) is 51.0 cm³/mol. The third-order valence-electron chi connectivity index (χ3n) is 1.70. The van der Waals surface area contributed by atoms with Crippen LogP contribution in [0.5, 0.6) is 0 Å². The van der Waals surface area contributed by atoms with E-state index in [0.717, 1.165) is 0 Å². The van der Waals surface area contributed by atoms with E-state index in [-0.39, 0.29) is 11.5 Å². The maximum absolute atomic E-state index is 12.5. The van der Waals surface area contributed by atoms with Gasteiger partial charge in [0, 0.05) is 16.2 Å². The quantitative estimate of drug-likeness (QED) is 0.775. The molecule has 1 aromatic rings. The van der Waals surface area contributed by atoms with Crippen LogP contribution in [0.2, 0.25) is 0 Å². The highest BCUT2D eigenvalue weighted by molar-refractivity contribution is 9.10. The van der Waals surface area contributed by atoms with Crippen LogP contribution in [0.25, 0.3) is 0 Å². The van der Waals surface area contributed by atoms with Gasteiger partial charge in [0.1, 0.15) is 0 Å². The molecule has 0 fully saturated rings. The van der Waals surface area contributed by atoms with E-state index in [9.17, 15) is 8.78 Å².